The number of rotatable bonds is 5. The topological polar surface area (TPSA) is 127 Å². The van der Waals surface area contributed by atoms with Gasteiger partial charge in [0.25, 0.3) is 5.91 Å². The fraction of sp³-hybridized carbons (Fsp3) is 0.429. The highest BCUT2D eigenvalue weighted by atomic mass is 32.2. The Hall–Kier alpha value is -1.58. The second-order valence-corrected chi connectivity index (χ2v) is 8.30. The third-order valence-electron chi connectivity index (χ3n) is 3.67. The highest BCUT2D eigenvalue weighted by molar-refractivity contribution is 7.99. The van der Waals surface area contributed by atoms with E-state index in [4.69, 9.17) is 5.14 Å². The van der Waals surface area contributed by atoms with Crippen molar-refractivity contribution >= 4 is 33.7 Å². The van der Waals surface area contributed by atoms with Crippen LogP contribution in [0.3, 0.4) is 0 Å². The van der Waals surface area contributed by atoms with E-state index in [0.717, 1.165) is 0 Å². The molecule has 1 aliphatic heterocycles. The number of hydrogen-bond acceptors (Lipinski definition) is 5. The summed E-state index contributed by atoms with van der Waals surface area (Å²) in [6, 6.07) is 6.01. The van der Waals surface area contributed by atoms with Crippen molar-refractivity contribution in [2.45, 2.75) is 24.1 Å². The van der Waals surface area contributed by atoms with Crippen LogP contribution in [0, 0.1) is 0 Å². The maximum atomic E-state index is 12.4. The minimum atomic E-state index is -3.70. The molecular formula is C14H18N2O5S2. The molecule has 1 saturated heterocycles. The Morgan fingerprint density at radius 3 is 2.52 bits per heavy atom. The number of sulfonamides is 1. The van der Waals surface area contributed by atoms with Crippen LogP contribution in [0.5, 0.6) is 0 Å². The molecule has 9 heteroatoms. The fourth-order valence-electron chi connectivity index (χ4n) is 2.44. The average molecular weight is 358 g/mol. The van der Waals surface area contributed by atoms with Crippen molar-refractivity contribution in [3.05, 3.63) is 35.4 Å². The molecule has 0 aromatic heterocycles. The highest BCUT2D eigenvalue weighted by Gasteiger charge is 2.41. The molecule has 1 aromatic rings. The van der Waals surface area contributed by atoms with Gasteiger partial charge < -0.3 is 10.4 Å². The number of aliphatic carboxylic acids is 1. The first kappa shape index (κ1) is 17.8. The van der Waals surface area contributed by atoms with Crippen molar-refractivity contribution in [3.8, 4) is 0 Å². The highest BCUT2D eigenvalue weighted by Crippen LogP contribution is 2.27. The van der Waals surface area contributed by atoms with Crippen molar-refractivity contribution in [2.24, 2.45) is 5.14 Å². The summed E-state index contributed by atoms with van der Waals surface area (Å²) in [5, 5.41) is 17.1. The number of carbonyl (C=O) groups is 2. The number of thioether (sulfide) groups is 1. The van der Waals surface area contributed by atoms with E-state index in [1.165, 1.54) is 12.1 Å². The van der Waals surface area contributed by atoms with Gasteiger partial charge in [0.15, 0.2) is 0 Å². The maximum absolute atomic E-state index is 12.4. The van der Waals surface area contributed by atoms with Gasteiger partial charge in [-0.25, -0.2) is 18.4 Å². The number of nitrogens with two attached hydrogens (primary N) is 1. The van der Waals surface area contributed by atoms with Crippen LogP contribution in [0.1, 0.15) is 28.8 Å². The smallest absolute Gasteiger partial charge is 0.329 e. The van der Waals surface area contributed by atoms with Crippen LogP contribution in [-0.2, 0) is 20.6 Å². The lowest BCUT2D eigenvalue weighted by molar-refractivity contribution is -0.144. The molecule has 0 atom stereocenters. The summed E-state index contributed by atoms with van der Waals surface area (Å²) >= 11 is 1.65. The number of primary sulfonamides is 1. The van der Waals surface area contributed by atoms with E-state index in [2.05, 4.69) is 5.32 Å². The first-order valence-electron chi connectivity index (χ1n) is 6.95. The summed E-state index contributed by atoms with van der Waals surface area (Å²) in [4.78, 5) is 24.0. The summed E-state index contributed by atoms with van der Waals surface area (Å²) in [7, 11) is -3.70. The van der Waals surface area contributed by atoms with Crippen LogP contribution in [0.15, 0.2) is 24.3 Å². The second-order valence-electron chi connectivity index (χ2n) is 5.46. The number of hydrogen-bond donors (Lipinski definition) is 3. The molecule has 0 saturated carbocycles. The number of amides is 1. The Labute approximate surface area is 138 Å². The van der Waals surface area contributed by atoms with E-state index in [0.29, 0.717) is 29.9 Å². The molecular weight excluding hydrogens is 340 g/mol. The zero-order chi connectivity index (χ0) is 17.1. The Morgan fingerprint density at radius 1 is 1.30 bits per heavy atom. The quantitative estimate of drug-likeness (QED) is 0.706. The number of carboxylic acids is 1. The minimum absolute atomic E-state index is 0.213. The summed E-state index contributed by atoms with van der Waals surface area (Å²) in [6.07, 6.45) is 0.714. The molecule has 1 fully saturated rings. The molecule has 4 N–H and O–H groups in total. The van der Waals surface area contributed by atoms with Gasteiger partial charge in [-0.2, -0.15) is 11.8 Å². The molecule has 0 radical (unpaired) electrons. The van der Waals surface area contributed by atoms with Crippen molar-refractivity contribution in [2.75, 3.05) is 11.5 Å². The standard InChI is InChI=1S/C14H18N2O5S2/c15-23(20,21)9-10-2-1-3-11(8-10)12(17)16-14(13(18)19)4-6-22-7-5-14/h1-3,8H,4-7,9H2,(H,16,17)(H,18,19)(H2,15,20,21). The van der Waals surface area contributed by atoms with E-state index >= 15 is 0 Å². The summed E-state index contributed by atoms with van der Waals surface area (Å²) in [5.41, 5.74) is -0.674. The summed E-state index contributed by atoms with van der Waals surface area (Å²) in [5.74, 6) is -0.632. The lowest BCUT2D eigenvalue weighted by Gasteiger charge is -2.33. The first-order chi connectivity index (χ1) is 10.7. The third kappa shape index (κ3) is 4.69. The fourth-order valence-corrected chi connectivity index (χ4v) is 4.27. The summed E-state index contributed by atoms with van der Waals surface area (Å²) < 4.78 is 22.3. The van der Waals surface area contributed by atoms with Gasteiger partial charge in [0.2, 0.25) is 10.0 Å². The maximum Gasteiger partial charge on any atom is 0.329 e. The second kappa shape index (κ2) is 6.90. The molecule has 1 aliphatic rings. The average Bonchev–Trinajstić information content (AvgIpc) is 2.46. The third-order valence-corrected chi connectivity index (χ3v) is 5.39. The van der Waals surface area contributed by atoms with Crippen molar-refractivity contribution < 1.29 is 23.1 Å². The van der Waals surface area contributed by atoms with Gasteiger partial charge in [-0.15, -0.1) is 0 Å². The van der Waals surface area contributed by atoms with E-state index < -0.39 is 27.4 Å². The Balaban J connectivity index is 2.19. The molecule has 126 valence electrons. The van der Waals surface area contributed by atoms with Crippen LogP contribution in [-0.4, -0.2) is 42.4 Å². The lowest BCUT2D eigenvalue weighted by Crippen LogP contribution is -2.56. The zero-order valence-corrected chi connectivity index (χ0v) is 14.0. The van der Waals surface area contributed by atoms with Crippen molar-refractivity contribution in [1.29, 1.82) is 0 Å². The SMILES string of the molecule is NS(=O)(=O)Cc1cccc(C(=O)NC2(C(=O)O)CCSCC2)c1. The largest absolute Gasteiger partial charge is 0.480 e. The van der Waals surface area contributed by atoms with Gasteiger partial charge in [-0.3, -0.25) is 4.79 Å². The van der Waals surface area contributed by atoms with E-state index in [-0.39, 0.29) is 11.3 Å². The Bertz CT molecular complexity index is 712. The van der Waals surface area contributed by atoms with Crippen LogP contribution in [0.4, 0.5) is 0 Å². The molecule has 7 nitrogen and oxygen atoms in total. The zero-order valence-electron chi connectivity index (χ0n) is 12.3. The molecule has 0 unspecified atom stereocenters. The minimum Gasteiger partial charge on any atom is -0.480 e. The molecule has 1 aromatic carbocycles. The predicted molar refractivity (Wildman–Crippen MR) is 87.6 cm³/mol. The van der Waals surface area contributed by atoms with Gasteiger partial charge in [0.05, 0.1) is 5.75 Å². The van der Waals surface area contributed by atoms with Crippen molar-refractivity contribution in [3.63, 3.8) is 0 Å². The molecule has 0 aliphatic carbocycles. The van der Waals surface area contributed by atoms with Gasteiger partial charge in [0.1, 0.15) is 5.54 Å². The van der Waals surface area contributed by atoms with Gasteiger partial charge in [-0.1, -0.05) is 12.1 Å². The lowest BCUT2D eigenvalue weighted by atomic mass is 9.91. The van der Waals surface area contributed by atoms with Crippen LogP contribution >= 0.6 is 11.8 Å². The molecule has 0 bridgehead atoms. The molecule has 2 rings (SSSR count). The van der Waals surface area contributed by atoms with Crippen molar-refractivity contribution in [1.82, 2.24) is 5.32 Å². The molecule has 0 spiro atoms. The van der Waals surface area contributed by atoms with E-state index in [9.17, 15) is 23.1 Å². The first-order valence-corrected chi connectivity index (χ1v) is 9.82. The van der Waals surface area contributed by atoms with Crippen LogP contribution in [0.2, 0.25) is 0 Å². The predicted octanol–water partition coefficient (Wildman–Crippen LogP) is 0.555. The van der Waals surface area contributed by atoms with Crippen LogP contribution in [0.25, 0.3) is 0 Å². The van der Waals surface area contributed by atoms with Gasteiger partial charge >= 0.3 is 5.97 Å². The summed E-state index contributed by atoms with van der Waals surface area (Å²) in [6.45, 7) is 0. The number of benzene rings is 1. The van der Waals surface area contributed by atoms with Crippen LogP contribution < -0.4 is 10.5 Å². The Morgan fingerprint density at radius 2 is 1.96 bits per heavy atom. The number of carbonyl (C=O) groups excluding carboxylic acids is 1. The molecule has 1 amide bonds. The molecule has 1 heterocycles. The van der Waals surface area contributed by atoms with Gasteiger partial charge in [0, 0.05) is 5.56 Å². The molecule has 23 heavy (non-hydrogen) atoms. The Kier molecular flexibility index (Phi) is 5.33. The van der Waals surface area contributed by atoms with Gasteiger partial charge in [-0.05, 0) is 42.0 Å². The van der Waals surface area contributed by atoms with E-state index in [1.807, 2.05) is 0 Å². The number of carboxylic acid groups (broad SMARTS) is 1. The number of nitrogens with one attached hydrogen (secondary N) is 1. The monoisotopic (exact) mass is 358 g/mol. The van der Waals surface area contributed by atoms with E-state index in [1.54, 1.807) is 23.9 Å². The normalized spacial score (nSPS) is 17.4.